The number of carbonyl (C=O) groups excluding carboxylic acids is 1. The summed E-state index contributed by atoms with van der Waals surface area (Å²) in [6, 6.07) is 0. The molecule has 0 aliphatic carbocycles. The minimum atomic E-state index is -1.27. The highest BCUT2D eigenvalue weighted by molar-refractivity contribution is 5.87. The molecular weight excluding hydrogens is 274 g/mol. The largest absolute Gasteiger partial charge is 0.381 e. The van der Waals surface area contributed by atoms with E-state index in [0.29, 0.717) is 12.8 Å². The van der Waals surface area contributed by atoms with Gasteiger partial charge in [0.15, 0.2) is 5.78 Å². The van der Waals surface area contributed by atoms with E-state index in [1.165, 1.54) is 57.8 Å². The fraction of sp³-hybridized carbons (Fsp3) is 0.947. The Hall–Kier alpha value is -0.410. The second kappa shape index (κ2) is 14.2. The van der Waals surface area contributed by atoms with Crippen molar-refractivity contribution in [2.24, 2.45) is 5.73 Å². The van der Waals surface area contributed by atoms with Crippen molar-refractivity contribution in [3.05, 3.63) is 0 Å². The summed E-state index contributed by atoms with van der Waals surface area (Å²) in [7, 11) is 0. The van der Waals surface area contributed by atoms with Crippen LogP contribution in [0.4, 0.5) is 0 Å². The smallest absolute Gasteiger partial charge is 0.165 e. The van der Waals surface area contributed by atoms with Gasteiger partial charge in [-0.2, -0.15) is 0 Å². The highest BCUT2D eigenvalue weighted by Crippen LogP contribution is 2.17. The summed E-state index contributed by atoms with van der Waals surface area (Å²) in [4.78, 5) is 12.0. The minimum absolute atomic E-state index is 0.0533. The van der Waals surface area contributed by atoms with Crippen LogP contribution in [0.3, 0.4) is 0 Å². The molecule has 0 aromatic carbocycles. The molecule has 3 nitrogen and oxygen atoms in total. The summed E-state index contributed by atoms with van der Waals surface area (Å²) < 4.78 is 0. The average molecular weight is 314 g/mol. The Labute approximate surface area is 138 Å². The Bertz CT molecular complexity index is 268. The van der Waals surface area contributed by atoms with E-state index in [4.69, 9.17) is 5.73 Å². The molecule has 3 N–H and O–H groups in total. The number of hydrogen-bond acceptors (Lipinski definition) is 3. The molecule has 1 atom stereocenters. The Morgan fingerprint density at radius 3 is 1.68 bits per heavy atom. The third kappa shape index (κ3) is 10.3. The lowest BCUT2D eigenvalue weighted by Gasteiger charge is -2.24. The van der Waals surface area contributed by atoms with Crippen LogP contribution >= 0.6 is 0 Å². The van der Waals surface area contributed by atoms with Crippen LogP contribution in [0.25, 0.3) is 0 Å². The molecule has 0 radical (unpaired) electrons. The van der Waals surface area contributed by atoms with Gasteiger partial charge in [0.05, 0.1) is 0 Å². The molecule has 0 saturated carbocycles. The summed E-state index contributed by atoms with van der Waals surface area (Å²) in [5, 5.41) is 10.2. The average Bonchev–Trinajstić information content (AvgIpc) is 2.52. The lowest BCUT2D eigenvalue weighted by molar-refractivity contribution is -0.137. The standard InChI is InChI=1S/C19H39NO2/c1-3-5-6-7-8-9-10-11-12-13-14-15-18(21)19(22,17-20)16-4-2/h22H,3-17,20H2,1-2H3. The van der Waals surface area contributed by atoms with Crippen molar-refractivity contribution in [3.8, 4) is 0 Å². The van der Waals surface area contributed by atoms with Crippen LogP contribution in [0.5, 0.6) is 0 Å². The molecule has 0 heterocycles. The number of hydrogen-bond donors (Lipinski definition) is 2. The maximum atomic E-state index is 12.0. The molecular formula is C19H39NO2. The van der Waals surface area contributed by atoms with Gasteiger partial charge in [0.25, 0.3) is 0 Å². The first-order chi connectivity index (χ1) is 10.6. The molecule has 0 fully saturated rings. The predicted molar refractivity (Wildman–Crippen MR) is 95.0 cm³/mol. The van der Waals surface area contributed by atoms with E-state index in [9.17, 15) is 9.90 Å². The van der Waals surface area contributed by atoms with E-state index in [1.54, 1.807) is 0 Å². The molecule has 0 aromatic heterocycles. The monoisotopic (exact) mass is 313 g/mol. The zero-order chi connectivity index (χ0) is 16.7. The van der Waals surface area contributed by atoms with E-state index in [2.05, 4.69) is 6.92 Å². The Morgan fingerprint density at radius 2 is 1.27 bits per heavy atom. The summed E-state index contributed by atoms with van der Waals surface area (Å²) in [6.07, 6.45) is 15.7. The molecule has 0 aromatic rings. The maximum Gasteiger partial charge on any atom is 0.165 e. The molecule has 0 aliphatic rings. The van der Waals surface area contributed by atoms with Crippen LogP contribution in [0.2, 0.25) is 0 Å². The number of ketones is 1. The predicted octanol–water partition coefficient (Wildman–Crippen LogP) is 4.75. The normalized spacial score (nSPS) is 14.0. The van der Waals surface area contributed by atoms with Crippen LogP contribution in [-0.2, 0) is 4.79 Å². The molecule has 0 amide bonds. The highest BCUT2D eigenvalue weighted by atomic mass is 16.3. The van der Waals surface area contributed by atoms with Gasteiger partial charge in [-0.15, -0.1) is 0 Å². The van der Waals surface area contributed by atoms with Gasteiger partial charge in [0.1, 0.15) is 5.60 Å². The van der Waals surface area contributed by atoms with Gasteiger partial charge in [-0.25, -0.2) is 0 Å². The minimum Gasteiger partial charge on any atom is -0.381 e. The fourth-order valence-corrected chi connectivity index (χ4v) is 2.95. The molecule has 0 saturated heterocycles. The van der Waals surface area contributed by atoms with Gasteiger partial charge in [0.2, 0.25) is 0 Å². The SMILES string of the molecule is CCCCCCCCCCCCCC(=O)C(O)(CN)CCC. The number of unbranched alkanes of at least 4 members (excludes halogenated alkanes) is 10. The summed E-state index contributed by atoms with van der Waals surface area (Å²) in [5.41, 5.74) is 4.28. The van der Waals surface area contributed by atoms with Gasteiger partial charge in [0, 0.05) is 13.0 Å². The van der Waals surface area contributed by atoms with Gasteiger partial charge in [-0.1, -0.05) is 84.5 Å². The van der Waals surface area contributed by atoms with Crippen molar-refractivity contribution in [2.45, 2.75) is 109 Å². The van der Waals surface area contributed by atoms with Crippen molar-refractivity contribution in [3.63, 3.8) is 0 Å². The van der Waals surface area contributed by atoms with Crippen molar-refractivity contribution in [1.82, 2.24) is 0 Å². The van der Waals surface area contributed by atoms with E-state index >= 15 is 0 Å². The Morgan fingerprint density at radius 1 is 0.818 bits per heavy atom. The zero-order valence-corrected chi connectivity index (χ0v) is 15.0. The Kier molecular flexibility index (Phi) is 13.9. The molecule has 1 unspecified atom stereocenters. The second-order valence-electron chi connectivity index (χ2n) is 6.69. The van der Waals surface area contributed by atoms with Gasteiger partial charge < -0.3 is 10.8 Å². The van der Waals surface area contributed by atoms with Crippen molar-refractivity contribution in [1.29, 1.82) is 0 Å². The van der Waals surface area contributed by atoms with E-state index in [0.717, 1.165) is 19.3 Å². The topological polar surface area (TPSA) is 63.3 Å². The fourth-order valence-electron chi connectivity index (χ4n) is 2.95. The quantitative estimate of drug-likeness (QED) is 0.404. The number of carbonyl (C=O) groups is 1. The number of aliphatic hydroxyl groups is 1. The van der Waals surface area contributed by atoms with Gasteiger partial charge in [-0.3, -0.25) is 4.79 Å². The molecule has 0 bridgehead atoms. The lowest BCUT2D eigenvalue weighted by Crippen LogP contribution is -2.45. The van der Waals surface area contributed by atoms with Crippen LogP contribution in [0.15, 0.2) is 0 Å². The molecule has 0 aliphatic heterocycles. The number of nitrogens with two attached hydrogens (primary N) is 1. The summed E-state index contributed by atoms with van der Waals surface area (Å²) in [6.45, 7) is 4.27. The number of rotatable bonds is 16. The summed E-state index contributed by atoms with van der Waals surface area (Å²) in [5.74, 6) is -0.0622. The number of Topliss-reactive ketones (excluding diaryl/α,β-unsaturated/α-hetero) is 1. The van der Waals surface area contributed by atoms with Crippen LogP contribution < -0.4 is 5.73 Å². The first-order valence-corrected chi connectivity index (χ1v) is 9.56. The third-order valence-electron chi connectivity index (χ3n) is 4.53. The van der Waals surface area contributed by atoms with Crippen LogP contribution in [-0.4, -0.2) is 23.0 Å². The molecule has 132 valence electrons. The molecule has 22 heavy (non-hydrogen) atoms. The van der Waals surface area contributed by atoms with Crippen molar-refractivity contribution in [2.75, 3.05) is 6.54 Å². The van der Waals surface area contributed by atoms with Crippen LogP contribution in [0, 0.1) is 0 Å². The zero-order valence-electron chi connectivity index (χ0n) is 15.0. The second-order valence-corrected chi connectivity index (χ2v) is 6.69. The maximum absolute atomic E-state index is 12.0. The van der Waals surface area contributed by atoms with E-state index in [1.807, 2.05) is 6.92 Å². The van der Waals surface area contributed by atoms with Crippen LogP contribution in [0.1, 0.15) is 104 Å². The van der Waals surface area contributed by atoms with Crippen molar-refractivity contribution < 1.29 is 9.90 Å². The molecule has 0 spiro atoms. The van der Waals surface area contributed by atoms with Gasteiger partial charge in [-0.05, 0) is 12.8 Å². The van der Waals surface area contributed by atoms with E-state index in [-0.39, 0.29) is 12.3 Å². The van der Waals surface area contributed by atoms with E-state index < -0.39 is 5.60 Å². The highest BCUT2D eigenvalue weighted by Gasteiger charge is 2.32. The molecule has 0 rings (SSSR count). The molecule has 3 heteroatoms. The van der Waals surface area contributed by atoms with Crippen molar-refractivity contribution >= 4 is 5.78 Å². The lowest BCUT2D eigenvalue weighted by atomic mass is 9.90. The Balaban J connectivity index is 3.47. The van der Waals surface area contributed by atoms with Gasteiger partial charge >= 0.3 is 0 Å². The first kappa shape index (κ1) is 21.6. The first-order valence-electron chi connectivity index (χ1n) is 9.56. The summed E-state index contributed by atoms with van der Waals surface area (Å²) >= 11 is 0. The third-order valence-corrected chi connectivity index (χ3v) is 4.53.